The first kappa shape index (κ1) is 69.3. The highest BCUT2D eigenvalue weighted by Crippen LogP contribution is 2.16. The molecule has 0 aliphatic heterocycles. The molecule has 6 nitrogen and oxygen atoms in total. The summed E-state index contributed by atoms with van der Waals surface area (Å²) in [5.74, 6) is -0.946. The normalized spacial score (nSPS) is 12.8. The number of allylic oxidation sites excluding steroid dienone is 16. The Balaban J connectivity index is 4.42. The van der Waals surface area contributed by atoms with Crippen molar-refractivity contribution in [3.05, 3.63) is 97.2 Å². The molecule has 0 saturated carbocycles. The Morgan fingerprint density at radius 3 is 0.918 bits per heavy atom. The Labute approximate surface area is 451 Å². The molecule has 0 spiro atoms. The second-order valence-electron chi connectivity index (χ2n) is 20.2. The molecule has 1 atom stereocenters. The van der Waals surface area contributed by atoms with Crippen LogP contribution in [0.2, 0.25) is 0 Å². The Morgan fingerprint density at radius 2 is 0.562 bits per heavy atom. The van der Waals surface area contributed by atoms with E-state index in [0.29, 0.717) is 19.3 Å². The van der Waals surface area contributed by atoms with E-state index < -0.39 is 6.10 Å². The van der Waals surface area contributed by atoms with Crippen LogP contribution in [-0.4, -0.2) is 37.2 Å². The first-order valence-corrected chi connectivity index (χ1v) is 30.7. The Morgan fingerprint density at radius 1 is 0.288 bits per heavy atom. The monoisotopic (exact) mass is 1010 g/mol. The number of carbonyl (C=O) groups is 3. The summed E-state index contributed by atoms with van der Waals surface area (Å²) in [5.41, 5.74) is 0. The third-order valence-corrected chi connectivity index (χ3v) is 13.1. The average Bonchev–Trinajstić information content (AvgIpc) is 3.39. The summed E-state index contributed by atoms with van der Waals surface area (Å²) >= 11 is 0. The lowest BCUT2D eigenvalue weighted by molar-refractivity contribution is -0.167. The van der Waals surface area contributed by atoms with Crippen LogP contribution in [0.15, 0.2) is 97.2 Å². The van der Waals surface area contributed by atoms with Gasteiger partial charge in [-0.25, -0.2) is 0 Å². The molecule has 0 aliphatic rings. The van der Waals surface area contributed by atoms with Crippen LogP contribution in [0.1, 0.15) is 290 Å². The van der Waals surface area contributed by atoms with Crippen LogP contribution in [-0.2, 0) is 28.6 Å². The molecule has 1 unspecified atom stereocenters. The zero-order valence-electron chi connectivity index (χ0n) is 47.9. The van der Waals surface area contributed by atoms with E-state index in [4.69, 9.17) is 14.2 Å². The summed E-state index contributed by atoms with van der Waals surface area (Å²) in [5, 5.41) is 0. The van der Waals surface area contributed by atoms with Crippen LogP contribution in [0.5, 0.6) is 0 Å². The van der Waals surface area contributed by atoms with Crippen molar-refractivity contribution < 1.29 is 28.6 Å². The molecule has 0 radical (unpaired) electrons. The van der Waals surface area contributed by atoms with Crippen molar-refractivity contribution >= 4 is 17.9 Å². The van der Waals surface area contributed by atoms with Crippen molar-refractivity contribution in [1.82, 2.24) is 0 Å². The van der Waals surface area contributed by atoms with Crippen LogP contribution < -0.4 is 0 Å². The molecule has 418 valence electrons. The summed E-state index contributed by atoms with van der Waals surface area (Å²) < 4.78 is 16.9. The van der Waals surface area contributed by atoms with Gasteiger partial charge in [0.05, 0.1) is 0 Å². The van der Waals surface area contributed by atoms with Crippen molar-refractivity contribution in [3.8, 4) is 0 Å². The molecule has 6 heteroatoms. The first-order valence-electron chi connectivity index (χ1n) is 30.7. The molecule has 0 aromatic rings. The fourth-order valence-corrected chi connectivity index (χ4v) is 8.48. The van der Waals surface area contributed by atoms with Gasteiger partial charge < -0.3 is 14.2 Å². The van der Waals surface area contributed by atoms with E-state index in [-0.39, 0.29) is 31.1 Å². The zero-order chi connectivity index (χ0) is 52.9. The third kappa shape index (κ3) is 59.1. The van der Waals surface area contributed by atoms with Crippen molar-refractivity contribution in [2.45, 2.75) is 297 Å². The van der Waals surface area contributed by atoms with E-state index in [0.717, 1.165) is 128 Å². The van der Waals surface area contributed by atoms with Crippen molar-refractivity contribution in [3.63, 3.8) is 0 Å². The molecule has 0 N–H and O–H groups in total. The zero-order valence-corrected chi connectivity index (χ0v) is 47.9. The topological polar surface area (TPSA) is 78.9 Å². The molecule has 0 rings (SSSR count). The maximum absolute atomic E-state index is 12.9. The van der Waals surface area contributed by atoms with Crippen molar-refractivity contribution in [1.29, 1.82) is 0 Å². The van der Waals surface area contributed by atoms with E-state index in [1.165, 1.54) is 122 Å². The molecule has 0 amide bonds. The predicted octanol–water partition coefficient (Wildman–Crippen LogP) is 20.9. The lowest BCUT2D eigenvalue weighted by Gasteiger charge is -2.18. The largest absolute Gasteiger partial charge is 0.462 e. The average molecular weight is 1020 g/mol. The van der Waals surface area contributed by atoms with Crippen molar-refractivity contribution in [2.75, 3.05) is 13.2 Å². The molecule has 0 fully saturated rings. The quantitative estimate of drug-likeness (QED) is 0.0261. The van der Waals surface area contributed by atoms with Crippen LogP contribution in [0.4, 0.5) is 0 Å². The number of hydrogen-bond donors (Lipinski definition) is 0. The fourth-order valence-electron chi connectivity index (χ4n) is 8.48. The van der Waals surface area contributed by atoms with Crippen LogP contribution in [0.3, 0.4) is 0 Å². The van der Waals surface area contributed by atoms with E-state index in [1.807, 2.05) is 0 Å². The maximum Gasteiger partial charge on any atom is 0.306 e. The van der Waals surface area contributed by atoms with Gasteiger partial charge in [-0.05, 0) is 96.3 Å². The number of rotatable bonds is 55. The summed E-state index contributed by atoms with van der Waals surface area (Å²) in [6.07, 6.45) is 81.3. The molecular formula is C67H114O6. The summed E-state index contributed by atoms with van der Waals surface area (Å²) in [6, 6.07) is 0. The van der Waals surface area contributed by atoms with E-state index in [9.17, 15) is 14.4 Å². The minimum Gasteiger partial charge on any atom is -0.462 e. The van der Waals surface area contributed by atoms with Crippen molar-refractivity contribution in [2.24, 2.45) is 0 Å². The van der Waals surface area contributed by atoms with Gasteiger partial charge in [-0.2, -0.15) is 0 Å². The first-order chi connectivity index (χ1) is 36.0. The smallest absolute Gasteiger partial charge is 0.306 e. The lowest BCUT2D eigenvalue weighted by Crippen LogP contribution is -2.30. The second-order valence-corrected chi connectivity index (χ2v) is 20.2. The lowest BCUT2D eigenvalue weighted by atomic mass is 10.0. The minimum atomic E-state index is -0.801. The number of carbonyl (C=O) groups excluding carboxylic acids is 3. The van der Waals surface area contributed by atoms with Gasteiger partial charge in [-0.1, -0.05) is 272 Å². The number of esters is 3. The van der Waals surface area contributed by atoms with Gasteiger partial charge in [-0.3, -0.25) is 14.4 Å². The van der Waals surface area contributed by atoms with Gasteiger partial charge in [-0.15, -0.1) is 0 Å². The summed E-state index contributed by atoms with van der Waals surface area (Å²) in [6.45, 7) is 6.44. The molecule has 0 aliphatic carbocycles. The maximum atomic E-state index is 12.9. The predicted molar refractivity (Wildman–Crippen MR) is 316 cm³/mol. The summed E-state index contributed by atoms with van der Waals surface area (Å²) in [7, 11) is 0. The molecule has 0 aromatic heterocycles. The SMILES string of the molecule is CC/C=C\C/C=C\C/C=C\C/C=C\C/C=C\C/C=C\CCCCC(=O)OCC(COC(=O)CCCCCCC/C=C\C/C=C\CCC)OC(=O)CCCCCCCCCCCCCCCCCCCCCCC. The number of hydrogen-bond acceptors (Lipinski definition) is 6. The third-order valence-electron chi connectivity index (χ3n) is 13.1. The van der Waals surface area contributed by atoms with Crippen LogP contribution >= 0.6 is 0 Å². The van der Waals surface area contributed by atoms with E-state index in [1.54, 1.807) is 0 Å². The standard InChI is InChI=1S/C67H114O6/c1-4-7-10-13-16-19-22-25-27-29-31-33-35-37-39-42-45-48-51-54-57-60-66(69)72-63-64(62-71-65(68)59-56-53-50-47-44-41-24-21-18-15-12-9-6-3)73-67(70)61-58-55-52-49-46-43-40-38-36-34-32-30-28-26-23-20-17-14-11-8-5-2/h7,10,12,15-16,19,21,24-25,27,31,33,37,39,45,48,64H,4-6,8-9,11,13-14,17-18,20,22-23,26,28-30,32,34-36,38,40-44,46-47,49-63H2,1-3H3/b10-7-,15-12-,19-16-,24-21-,27-25-,33-31-,39-37-,48-45-. The molecule has 0 bridgehead atoms. The number of ether oxygens (including phenoxy) is 3. The Bertz CT molecular complexity index is 1440. The van der Waals surface area contributed by atoms with Crippen LogP contribution in [0, 0.1) is 0 Å². The molecular weight excluding hydrogens is 901 g/mol. The molecule has 0 aromatic carbocycles. The molecule has 0 heterocycles. The highest BCUT2D eigenvalue weighted by molar-refractivity contribution is 5.71. The van der Waals surface area contributed by atoms with Crippen LogP contribution in [0.25, 0.3) is 0 Å². The van der Waals surface area contributed by atoms with Gasteiger partial charge in [0.2, 0.25) is 0 Å². The number of unbranched alkanes of at least 4 members (excludes halogenated alkanes) is 28. The molecule has 73 heavy (non-hydrogen) atoms. The molecule has 0 saturated heterocycles. The Hall–Kier alpha value is -3.67. The Kier molecular flexibility index (Phi) is 57.8. The second kappa shape index (κ2) is 60.9. The van der Waals surface area contributed by atoms with E-state index in [2.05, 4.69) is 118 Å². The van der Waals surface area contributed by atoms with Gasteiger partial charge in [0, 0.05) is 19.3 Å². The minimum absolute atomic E-state index is 0.0974. The fraction of sp³-hybridized carbons (Fsp3) is 0.716. The summed E-state index contributed by atoms with van der Waals surface area (Å²) in [4.78, 5) is 38.2. The highest BCUT2D eigenvalue weighted by Gasteiger charge is 2.19. The van der Waals surface area contributed by atoms with Gasteiger partial charge in [0.15, 0.2) is 6.10 Å². The van der Waals surface area contributed by atoms with E-state index >= 15 is 0 Å². The van der Waals surface area contributed by atoms with Gasteiger partial charge >= 0.3 is 17.9 Å². The highest BCUT2D eigenvalue weighted by atomic mass is 16.6. The van der Waals surface area contributed by atoms with Gasteiger partial charge in [0.1, 0.15) is 13.2 Å². The van der Waals surface area contributed by atoms with Gasteiger partial charge in [0.25, 0.3) is 0 Å².